The van der Waals surface area contributed by atoms with E-state index in [1.807, 2.05) is 12.1 Å². The Bertz CT molecular complexity index is 714. The van der Waals surface area contributed by atoms with Crippen molar-refractivity contribution in [2.75, 3.05) is 57.9 Å². The van der Waals surface area contributed by atoms with Gasteiger partial charge >= 0.3 is 0 Å². The molecule has 0 bridgehead atoms. The molecule has 2 fully saturated rings. The number of nitrogens with zero attached hydrogens (tertiary/aromatic N) is 3. The molecule has 9 heteroatoms. The van der Waals surface area contributed by atoms with Crippen LogP contribution in [0.3, 0.4) is 0 Å². The highest BCUT2D eigenvalue weighted by Crippen LogP contribution is 2.26. The minimum Gasteiger partial charge on any atom is -0.395 e. The Morgan fingerprint density at radius 1 is 1.16 bits per heavy atom. The van der Waals surface area contributed by atoms with Gasteiger partial charge < -0.3 is 20.3 Å². The largest absolute Gasteiger partial charge is 0.395 e. The van der Waals surface area contributed by atoms with E-state index in [1.54, 1.807) is 6.07 Å². The predicted octanol–water partition coefficient (Wildman–Crippen LogP) is 2.22. The number of rotatable bonds is 12. The van der Waals surface area contributed by atoms with E-state index in [1.165, 1.54) is 0 Å². The van der Waals surface area contributed by atoms with Gasteiger partial charge in [-0.2, -0.15) is 0 Å². The van der Waals surface area contributed by atoms with Gasteiger partial charge in [0.15, 0.2) is 0 Å². The second-order valence-corrected chi connectivity index (χ2v) is 8.89. The molecule has 2 aliphatic heterocycles. The number of hydrogen-bond acceptors (Lipinski definition) is 8. The Kier molecular flexibility index (Phi) is 10.1. The summed E-state index contributed by atoms with van der Waals surface area (Å²) in [6.45, 7) is 6.44. The summed E-state index contributed by atoms with van der Waals surface area (Å²) in [5.41, 5.74) is 1.67. The van der Waals surface area contributed by atoms with Gasteiger partial charge in [-0.1, -0.05) is 18.9 Å². The first kappa shape index (κ1) is 24.9. The van der Waals surface area contributed by atoms with E-state index >= 15 is 0 Å². The van der Waals surface area contributed by atoms with E-state index < -0.39 is 0 Å². The second kappa shape index (κ2) is 13.1. The molecule has 2 heterocycles. The van der Waals surface area contributed by atoms with Crippen LogP contribution >= 0.6 is 0 Å². The summed E-state index contributed by atoms with van der Waals surface area (Å²) in [4.78, 5) is 15.8. The highest BCUT2D eigenvalue weighted by atomic mass is 16.6. The van der Waals surface area contributed by atoms with Gasteiger partial charge in [0.1, 0.15) is 5.69 Å². The summed E-state index contributed by atoms with van der Waals surface area (Å²) >= 11 is 0. The maximum atomic E-state index is 11.6. The van der Waals surface area contributed by atoms with E-state index in [0.717, 1.165) is 63.8 Å². The van der Waals surface area contributed by atoms with E-state index in [4.69, 9.17) is 4.74 Å². The smallest absolute Gasteiger partial charge is 0.292 e. The van der Waals surface area contributed by atoms with E-state index in [0.29, 0.717) is 38.4 Å². The van der Waals surface area contributed by atoms with Crippen LogP contribution in [0.25, 0.3) is 0 Å². The lowest BCUT2D eigenvalue weighted by Crippen LogP contribution is -2.46. The van der Waals surface area contributed by atoms with Crippen molar-refractivity contribution in [3.8, 4) is 0 Å². The molecule has 0 aromatic heterocycles. The maximum absolute atomic E-state index is 11.6. The fourth-order valence-electron chi connectivity index (χ4n) is 4.57. The minimum atomic E-state index is -0.307. The number of nitro groups is 1. The number of aliphatic hydroxyl groups excluding tert-OH is 2. The van der Waals surface area contributed by atoms with Crippen molar-refractivity contribution in [1.29, 1.82) is 0 Å². The third kappa shape index (κ3) is 7.67. The first-order valence-corrected chi connectivity index (χ1v) is 11.9. The highest BCUT2D eigenvalue weighted by Gasteiger charge is 2.26. The molecule has 1 aromatic rings. The molecule has 1 aromatic carbocycles. The van der Waals surface area contributed by atoms with Crippen molar-refractivity contribution >= 4 is 11.4 Å². The number of aliphatic hydroxyl groups is 2. The van der Waals surface area contributed by atoms with Crippen LogP contribution in [0.2, 0.25) is 0 Å². The molecule has 2 aliphatic rings. The van der Waals surface area contributed by atoms with Gasteiger partial charge in [-0.3, -0.25) is 19.9 Å². The zero-order valence-electron chi connectivity index (χ0n) is 19.0. The molecular formula is C23H38N4O5. The Labute approximate surface area is 190 Å². The monoisotopic (exact) mass is 450 g/mol. The quantitative estimate of drug-likeness (QED) is 0.253. The molecule has 2 saturated heterocycles. The Balaban J connectivity index is 1.36. The third-order valence-corrected chi connectivity index (χ3v) is 6.48. The summed E-state index contributed by atoms with van der Waals surface area (Å²) in [5.74, 6) is 0. The van der Waals surface area contributed by atoms with Crippen LogP contribution in [0.4, 0.5) is 11.4 Å². The Hall–Kier alpha value is -1.78. The number of nitrogens with one attached hydrogen (secondary N) is 1. The summed E-state index contributed by atoms with van der Waals surface area (Å²) in [6, 6.07) is 5.56. The molecule has 3 N–H and O–H groups in total. The molecule has 0 spiro atoms. The van der Waals surface area contributed by atoms with Gasteiger partial charge in [-0.25, -0.2) is 0 Å². The second-order valence-electron chi connectivity index (χ2n) is 8.89. The lowest BCUT2D eigenvalue weighted by atomic mass is 9.99. The molecule has 3 rings (SSSR count). The van der Waals surface area contributed by atoms with Gasteiger partial charge in [0, 0.05) is 44.8 Å². The number of likely N-dealkylation sites (tertiary alicyclic amines) is 1. The molecule has 0 radical (unpaired) electrons. The van der Waals surface area contributed by atoms with E-state index in [-0.39, 0.29) is 29.4 Å². The van der Waals surface area contributed by atoms with E-state index in [9.17, 15) is 20.3 Å². The molecule has 0 aliphatic carbocycles. The lowest BCUT2D eigenvalue weighted by Gasteiger charge is -2.36. The van der Waals surface area contributed by atoms with Crippen LogP contribution in [-0.4, -0.2) is 89.6 Å². The molecule has 0 unspecified atom stereocenters. The van der Waals surface area contributed by atoms with Crippen molar-refractivity contribution in [3.63, 3.8) is 0 Å². The van der Waals surface area contributed by atoms with Crippen LogP contribution in [0.15, 0.2) is 18.2 Å². The molecular weight excluding hydrogens is 412 g/mol. The fraction of sp³-hybridized carbons (Fsp3) is 0.739. The normalized spacial score (nSPS) is 22.7. The van der Waals surface area contributed by atoms with Gasteiger partial charge in [0.25, 0.3) is 5.69 Å². The summed E-state index contributed by atoms with van der Waals surface area (Å²) in [5, 5.41) is 34.0. The van der Waals surface area contributed by atoms with Gasteiger partial charge in [-0.15, -0.1) is 0 Å². The average molecular weight is 451 g/mol. The first-order valence-electron chi connectivity index (χ1n) is 11.9. The van der Waals surface area contributed by atoms with Crippen molar-refractivity contribution in [2.24, 2.45) is 0 Å². The number of benzene rings is 1. The highest BCUT2D eigenvalue weighted by molar-refractivity contribution is 5.62. The Morgan fingerprint density at radius 3 is 2.69 bits per heavy atom. The van der Waals surface area contributed by atoms with E-state index in [2.05, 4.69) is 15.1 Å². The van der Waals surface area contributed by atoms with Gasteiger partial charge in [-0.05, 0) is 43.9 Å². The molecule has 180 valence electrons. The number of hydrogen-bond donors (Lipinski definition) is 3. The van der Waals surface area contributed by atoms with Crippen molar-refractivity contribution < 1.29 is 19.9 Å². The van der Waals surface area contributed by atoms with Crippen LogP contribution in [0.1, 0.15) is 44.1 Å². The van der Waals surface area contributed by atoms with Gasteiger partial charge in [0.2, 0.25) is 0 Å². The van der Waals surface area contributed by atoms with Crippen LogP contribution in [0.5, 0.6) is 0 Å². The van der Waals surface area contributed by atoms with Crippen molar-refractivity contribution in [2.45, 2.75) is 57.2 Å². The predicted molar refractivity (Wildman–Crippen MR) is 124 cm³/mol. The lowest BCUT2D eigenvalue weighted by molar-refractivity contribution is -0.384. The van der Waals surface area contributed by atoms with Crippen LogP contribution < -0.4 is 5.32 Å². The first-order chi connectivity index (χ1) is 15.6. The SMILES string of the molecule is O=[N+]([O-])c1cc(CN2CCOCC2)ccc1NCCCCCCN1CC[C@@H](O)C[C@H]1CO. The average Bonchev–Trinajstić information content (AvgIpc) is 2.80. The zero-order valence-corrected chi connectivity index (χ0v) is 19.0. The maximum Gasteiger partial charge on any atom is 0.292 e. The standard InChI is InChI=1S/C23H38N4O5/c28-18-20-16-21(29)7-10-26(20)9-4-2-1-3-8-24-22-6-5-19(15-23(22)27(30)31)17-25-11-13-32-14-12-25/h5-6,15,20-21,24,28-29H,1-4,7-14,16-18H2/t20-,21+/m0/s1. The van der Waals surface area contributed by atoms with Crippen molar-refractivity contribution in [1.82, 2.24) is 9.80 Å². The molecule has 0 saturated carbocycles. The number of piperidine rings is 1. The third-order valence-electron chi connectivity index (χ3n) is 6.48. The fourth-order valence-corrected chi connectivity index (χ4v) is 4.57. The topological polar surface area (TPSA) is 111 Å². The number of morpholine rings is 1. The molecule has 32 heavy (non-hydrogen) atoms. The van der Waals surface area contributed by atoms with Crippen molar-refractivity contribution in [3.05, 3.63) is 33.9 Å². The molecule has 2 atom stereocenters. The van der Waals surface area contributed by atoms with Crippen LogP contribution in [0, 0.1) is 10.1 Å². The van der Waals surface area contributed by atoms with Crippen LogP contribution in [-0.2, 0) is 11.3 Å². The number of anilines is 1. The molecule has 0 amide bonds. The van der Waals surface area contributed by atoms with Gasteiger partial charge in [0.05, 0.1) is 30.8 Å². The Morgan fingerprint density at radius 2 is 1.94 bits per heavy atom. The minimum absolute atomic E-state index is 0.0761. The summed E-state index contributed by atoms with van der Waals surface area (Å²) in [7, 11) is 0. The number of unbranched alkanes of at least 4 members (excludes halogenated alkanes) is 3. The zero-order chi connectivity index (χ0) is 22.8. The number of nitro benzene ring substituents is 1. The number of ether oxygens (including phenoxy) is 1. The summed E-state index contributed by atoms with van der Waals surface area (Å²) in [6.07, 6.45) is 5.30. The summed E-state index contributed by atoms with van der Waals surface area (Å²) < 4.78 is 5.36. The molecule has 9 nitrogen and oxygen atoms in total.